The van der Waals surface area contributed by atoms with E-state index in [-0.39, 0.29) is 0 Å². The van der Waals surface area contributed by atoms with Gasteiger partial charge in [-0.1, -0.05) is 13.8 Å². The van der Waals surface area contributed by atoms with Crippen molar-refractivity contribution in [2.24, 2.45) is 13.0 Å². The molecule has 0 spiro atoms. The predicted molar refractivity (Wildman–Crippen MR) is 54.8 cm³/mol. The average Bonchev–Trinajstić information content (AvgIpc) is 2.52. The number of nitrogens with zero attached hydrogens (tertiary/aromatic N) is 4. The number of aromatic nitrogens is 4. The van der Waals surface area contributed by atoms with Crippen LogP contribution in [0.4, 0.5) is 0 Å². The van der Waals surface area contributed by atoms with Gasteiger partial charge in [0.2, 0.25) is 0 Å². The van der Waals surface area contributed by atoms with Gasteiger partial charge < -0.3 is 5.32 Å². The molecule has 0 bridgehead atoms. The first kappa shape index (κ1) is 11.1. The molecule has 0 aromatic carbocycles. The lowest BCUT2D eigenvalue weighted by atomic mass is 10.1. The topological polar surface area (TPSA) is 55.6 Å². The molecule has 5 heteroatoms. The zero-order valence-electron chi connectivity index (χ0n) is 9.19. The highest BCUT2D eigenvalue weighted by Crippen LogP contribution is 2.00. The maximum absolute atomic E-state index is 4.15. The Balaban J connectivity index is 2.23. The largest absolute Gasteiger partial charge is 0.316 e. The molecule has 5 nitrogen and oxygen atoms in total. The lowest BCUT2D eigenvalue weighted by Crippen LogP contribution is -2.23. The maximum atomic E-state index is 4.15. The molecule has 1 aromatic rings. The van der Waals surface area contributed by atoms with Crippen molar-refractivity contribution in [3.05, 3.63) is 5.82 Å². The Morgan fingerprint density at radius 1 is 1.50 bits per heavy atom. The van der Waals surface area contributed by atoms with Crippen LogP contribution in [0.3, 0.4) is 0 Å². The van der Waals surface area contributed by atoms with Gasteiger partial charge in [0, 0.05) is 6.42 Å². The van der Waals surface area contributed by atoms with E-state index >= 15 is 0 Å². The summed E-state index contributed by atoms with van der Waals surface area (Å²) in [5, 5.41) is 15.3. The van der Waals surface area contributed by atoms with Crippen LogP contribution in [0.2, 0.25) is 0 Å². The van der Waals surface area contributed by atoms with Crippen molar-refractivity contribution in [3.8, 4) is 0 Å². The van der Waals surface area contributed by atoms with Gasteiger partial charge in [-0.2, -0.15) is 4.80 Å². The van der Waals surface area contributed by atoms with Gasteiger partial charge in [-0.05, 0) is 30.6 Å². The zero-order chi connectivity index (χ0) is 10.4. The van der Waals surface area contributed by atoms with Gasteiger partial charge in [0.15, 0.2) is 5.82 Å². The highest BCUT2D eigenvalue weighted by Gasteiger charge is 2.07. The van der Waals surface area contributed by atoms with Crippen LogP contribution in [0.15, 0.2) is 0 Å². The third-order valence-corrected chi connectivity index (χ3v) is 2.00. The van der Waals surface area contributed by atoms with E-state index < -0.39 is 0 Å². The zero-order valence-corrected chi connectivity index (χ0v) is 9.19. The molecule has 1 unspecified atom stereocenters. The second kappa shape index (κ2) is 5.70. The molecule has 0 aliphatic rings. The summed E-state index contributed by atoms with van der Waals surface area (Å²) in [6.07, 6.45) is 2.07. The summed E-state index contributed by atoms with van der Waals surface area (Å²) in [6, 6.07) is 0. The Morgan fingerprint density at radius 3 is 2.86 bits per heavy atom. The van der Waals surface area contributed by atoms with Crippen molar-refractivity contribution in [1.82, 2.24) is 25.5 Å². The van der Waals surface area contributed by atoms with Gasteiger partial charge in [0.25, 0.3) is 0 Å². The molecule has 80 valence electrons. The molecule has 1 atom stereocenters. The van der Waals surface area contributed by atoms with Gasteiger partial charge in [0.1, 0.15) is 0 Å². The lowest BCUT2D eigenvalue weighted by Gasteiger charge is -2.09. The van der Waals surface area contributed by atoms with Crippen molar-refractivity contribution in [3.63, 3.8) is 0 Å². The third kappa shape index (κ3) is 3.83. The predicted octanol–water partition coefficient (Wildman–Crippen LogP) is 0.388. The minimum atomic E-state index is 0.561. The van der Waals surface area contributed by atoms with Crippen LogP contribution in [0, 0.1) is 5.92 Å². The van der Waals surface area contributed by atoms with E-state index in [1.165, 1.54) is 11.2 Å². The third-order valence-electron chi connectivity index (χ3n) is 2.00. The SMILES string of the molecule is CCCNCC(C)Cc1nnn(C)n1. The molecule has 0 fully saturated rings. The molecule has 0 aliphatic heterocycles. The fourth-order valence-corrected chi connectivity index (χ4v) is 1.31. The summed E-state index contributed by atoms with van der Waals surface area (Å²) < 4.78 is 0. The Labute approximate surface area is 84.9 Å². The van der Waals surface area contributed by atoms with Crippen LogP contribution in [0.1, 0.15) is 26.1 Å². The Bertz CT molecular complexity index is 257. The van der Waals surface area contributed by atoms with Crippen LogP contribution in [0.5, 0.6) is 0 Å². The molecular formula is C9H19N5. The summed E-state index contributed by atoms with van der Waals surface area (Å²) in [7, 11) is 1.79. The Kier molecular flexibility index (Phi) is 4.52. The normalized spacial score (nSPS) is 13.1. The molecule has 1 heterocycles. The fraction of sp³-hybridized carbons (Fsp3) is 0.889. The van der Waals surface area contributed by atoms with E-state index in [9.17, 15) is 0 Å². The van der Waals surface area contributed by atoms with Gasteiger partial charge in [0.05, 0.1) is 7.05 Å². The van der Waals surface area contributed by atoms with E-state index in [1.54, 1.807) is 7.05 Å². The molecule has 0 saturated carbocycles. The standard InChI is InChI=1S/C9H19N5/c1-4-5-10-7-8(2)6-9-11-13-14(3)12-9/h8,10H,4-7H2,1-3H3. The van der Waals surface area contributed by atoms with Crippen LogP contribution < -0.4 is 5.32 Å². The second-order valence-corrected chi connectivity index (χ2v) is 3.71. The van der Waals surface area contributed by atoms with E-state index in [0.29, 0.717) is 5.92 Å². The van der Waals surface area contributed by atoms with E-state index in [1.807, 2.05) is 0 Å². The van der Waals surface area contributed by atoms with Gasteiger partial charge in [-0.3, -0.25) is 0 Å². The Hall–Kier alpha value is -0.970. The first-order valence-electron chi connectivity index (χ1n) is 5.16. The first-order valence-corrected chi connectivity index (χ1v) is 5.16. The van der Waals surface area contributed by atoms with Crippen molar-refractivity contribution < 1.29 is 0 Å². The summed E-state index contributed by atoms with van der Waals surface area (Å²) in [5.74, 6) is 1.39. The monoisotopic (exact) mass is 197 g/mol. The molecule has 0 aliphatic carbocycles. The van der Waals surface area contributed by atoms with Crippen LogP contribution in [-0.2, 0) is 13.5 Å². The van der Waals surface area contributed by atoms with E-state index in [2.05, 4.69) is 34.6 Å². The summed E-state index contributed by atoms with van der Waals surface area (Å²) in [6.45, 7) is 6.46. The summed E-state index contributed by atoms with van der Waals surface area (Å²) in [5.41, 5.74) is 0. The number of rotatable bonds is 6. The number of tetrazole rings is 1. The Morgan fingerprint density at radius 2 is 2.29 bits per heavy atom. The first-order chi connectivity index (χ1) is 6.72. The van der Waals surface area contributed by atoms with Crippen molar-refractivity contribution >= 4 is 0 Å². The van der Waals surface area contributed by atoms with Crippen LogP contribution >= 0.6 is 0 Å². The van der Waals surface area contributed by atoms with E-state index in [4.69, 9.17) is 0 Å². The number of nitrogens with one attached hydrogen (secondary N) is 1. The quantitative estimate of drug-likeness (QED) is 0.670. The molecule has 1 N–H and O–H groups in total. The summed E-state index contributed by atoms with van der Waals surface area (Å²) >= 11 is 0. The van der Waals surface area contributed by atoms with Crippen molar-refractivity contribution in [2.45, 2.75) is 26.7 Å². The maximum Gasteiger partial charge on any atom is 0.175 e. The molecule has 1 rings (SSSR count). The molecule has 0 saturated heterocycles. The number of aryl methyl sites for hydroxylation is 1. The highest BCUT2D eigenvalue weighted by atomic mass is 15.6. The smallest absolute Gasteiger partial charge is 0.175 e. The second-order valence-electron chi connectivity index (χ2n) is 3.71. The summed E-state index contributed by atoms with van der Waals surface area (Å²) in [4.78, 5) is 1.50. The molecule has 0 radical (unpaired) electrons. The molecular weight excluding hydrogens is 178 g/mol. The molecule has 0 amide bonds. The average molecular weight is 197 g/mol. The van der Waals surface area contributed by atoms with E-state index in [0.717, 1.165) is 25.3 Å². The molecule has 1 aromatic heterocycles. The lowest BCUT2D eigenvalue weighted by molar-refractivity contribution is 0.499. The van der Waals surface area contributed by atoms with Crippen molar-refractivity contribution in [2.75, 3.05) is 13.1 Å². The van der Waals surface area contributed by atoms with Gasteiger partial charge in [-0.25, -0.2) is 0 Å². The number of hydrogen-bond acceptors (Lipinski definition) is 4. The molecule has 14 heavy (non-hydrogen) atoms. The van der Waals surface area contributed by atoms with Gasteiger partial charge >= 0.3 is 0 Å². The number of hydrogen-bond donors (Lipinski definition) is 1. The van der Waals surface area contributed by atoms with Crippen LogP contribution in [-0.4, -0.2) is 33.3 Å². The minimum Gasteiger partial charge on any atom is -0.316 e. The van der Waals surface area contributed by atoms with Crippen LogP contribution in [0.25, 0.3) is 0 Å². The highest BCUT2D eigenvalue weighted by molar-refractivity contribution is 4.80. The van der Waals surface area contributed by atoms with Crippen molar-refractivity contribution in [1.29, 1.82) is 0 Å². The minimum absolute atomic E-state index is 0.561. The fourth-order valence-electron chi connectivity index (χ4n) is 1.31. The van der Waals surface area contributed by atoms with Gasteiger partial charge in [-0.15, -0.1) is 10.2 Å².